The first-order chi connectivity index (χ1) is 17.0. The molecule has 0 bridgehead atoms. The molecule has 0 saturated heterocycles. The van der Waals surface area contributed by atoms with Gasteiger partial charge in [0.15, 0.2) is 5.82 Å². The average Bonchev–Trinajstić information content (AvgIpc) is 3.29. The van der Waals surface area contributed by atoms with Crippen LogP contribution in [0.15, 0.2) is 48.8 Å². The third kappa shape index (κ3) is 4.53. The summed E-state index contributed by atoms with van der Waals surface area (Å²) in [6.07, 6.45) is 7.30. The van der Waals surface area contributed by atoms with Crippen molar-refractivity contribution in [3.63, 3.8) is 0 Å². The zero-order valence-corrected chi connectivity index (χ0v) is 19.5. The topological polar surface area (TPSA) is 107 Å². The summed E-state index contributed by atoms with van der Waals surface area (Å²) in [6, 6.07) is 11.6. The van der Waals surface area contributed by atoms with Crippen molar-refractivity contribution in [2.45, 2.75) is 44.6 Å². The lowest BCUT2D eigenvalue weighted by Crippen LogP contribution is -2.23. The van der Waals surface area contributed by atoms with E-state index in [0.717, 1.165) is 41.6 Å². The maximum absolute atomic E-state index is 13.6. The number of nitrogens with one attached hydrogen (secondary N) is 1. The highest BCUT2D eigenvalue weighted by atomic mass is 19.1. The number of nitrogen functional groups attached to an aromatic ring is 1. The molecule has 0 spiro atoms. The lowest BCUT2D eigenvalue weighted by molar-refractivity contribution is 0.0947. The van der Waals surface area contributed by atoms with Crippen LogP contribution < -0.4 is 15.8 Å². The predicted molar refractivity (Wildman–Crippen MR) is 131 cm³/mol. The Bertz CT molecular complexity index is 1360. The highest BCUT2D eigenvalue weighted by Gasteiger charge is 2.25. The molecule has 0 unspecified atom stereocenters. The van der Waals surface area contributed by atoms with E-state index >= 15 is 0 Å². The molecule has 4 aromatic rings. The van der Waals surface area contributed by atoms with Crippen LogP contribution in [0.3, 0.4) is 0 Å². The van der Waals surface area contributed by atoms with Gasteiger partial charge in [-0.3, -0.25) is 4.79 Å². The van der Waals surface area contributed by atoms with Gasteiger partial charge in [-0.2, -0.15) is 5.10 Å². The van der Waals surface area contributed by atoms with Crippen molar-refractivity contribution in [2.24, 2.45) is 0 Å². The molecule has 2 heterocycles. The molecule has 0 atom stereocenters. The molecule has 1 saturated carbocycles. The van der Waals surface area contributed by atoms with Gasteiger partial charge in [0.25, 0.3) is 5.91 Å². The molecule has 8 nitrogen and oxygen atoms in total. The highest BCUT2D eigenvalue weighted by molar-refractivity contribution is 5.96. The Morgan fingerprint density at radius 3 is 2.69 bits per heavy atom. The molecular weight excluding hydrogens is 447 g/mol. The van der Waals surface area contributed by atoms with Crippen molar-refractivity contribution in [3.8, 4) is 17.0 Å². The molecule has 1 aliphatic carbocycles. The minimum absolute atomic E-state index is 0.152. The Balaban J connectivity index is 1.38. The molecular formula is C26H27FN6O2. The van der Waals surface area contributed by atoms with Gasteiger partial charge >= 0.3 is 0 Å². The van der Waals surface area contributed by atoms with Crippen LogP contribution in [-0.4, -0.2) is 32.6 Å². The van der Waals surface area contributed by atoms with E-state index in [-0.39, 0.29) is 12.1 Å². The number of aromatic nitrogens is 4. The molecule has 3 N–H and O–H groups in total. The number of nitrogens with two attached hydrogens (primary N) is 1. The van der Waals surface area contributed by atoms with Crippen LogP contribution in [0.5, 0.6) is 5.75 Å². The van der Waals surface area contributed by atoms with Crippen molar-refractivity contribution in [3.05, 3.63) is 71.6 Å². The second-order valence-electron chi connectivity index (χ2n) is 8.78. The number of rotatable bonds is 6. The Morgan fingerprint density at radius 2 is 1.94 bits per heavy atom. The fourth-order valence-electron chi connectivity index (χ4n) is 4.72. The second-order valence-corrected chi connectivity index (χ2v) is 8.78. The molecule has 2 aromatic carbocycles. The largest absolute Gasteiger partial charge is 0.496 e. The van der Waals surface area contributed by atoms with Crippen molar-refractivity contribution in [1.82, 2.24) is 24.9 Å². The number of fused-ring (bicyclic) bond motifs is 1. The maximum Gasteiger partial charge on any atom is 0.255 e. The Kier molecular flexibility index (Phi) is 6.31. The summed E-state index contributed by atoms with van der Waals surface area (Å²) in [7, 11) is 1.44. The van der Waals surface area contributed by atoms with Crippen LogP contribution in [-0.2, 0) is 6.54 Å². The Labute approximate surface area is 202 Å². The van der Waals surface area contributed by atoms with E-state index in [1.54, 1.807) is 0 Å². The fourth-order valence-corrected chi connectivity index (χ4v) is 4.72. The van der Waals surface area contributed by atoms with Crippen LogP contribution >= 0.6 is 0 Å². The number of halogens is 1. The monoisotopic (exact) mass is 474 g/mol. The first-order valence-electron chi connectivity index (χ1n) is 11.8. The third-order valence-corrected chi connectivity index (χ3v) is 6.54. The number of nitrogens with zero attached hydrogens (tertiary/aromatic N) is 4. The summed E-state index contributed by atoms with van der Waals surface area (Å²) < 4.78 is 20.6. The molecule has 0 aliphatic heterocycles. The highest BCUT2D eigenvalue weighted by Crippen LogP contribution is 2.36. The lowest BCUT2D eigenvalue weighted by atomic mass is 9.89. The number of methoxy groups -OCH3 is 1. The van der Waals surface area contributed by atoms with E-state index in [4.69, 9.17) is 15.5 Å². The van der Waals surface area contributed by atoms with E-state index in [1.165, 1.54) is 44.8 Å². The van der Waals surface area contributed by atoms with Gasteiger partial charge in [-0.1, -0.05) is 43.5 Å². The zero-order valence-electron chi connectivity index (χ0n) is 19.5. The first kappa shape index (κ1) is 22.8. The average molecular weight is 475 g/mol. The smallest absolute Gasteiger partial charge is 0.255 e. The van der Waals surface area contributed by atoms with Crippen LogP contribution in [0, 0.1) is 5.82 Å². The summed E-state index contributed by atoms with van der Waals surface area (Å²) in [6.45, 7) is 0.279. The standard InChI is InChI=1S/C26H27FN6O2/c1-35-21-12-11-19(27)13-20(21)26(34)29-14-16-7-9-17(10-8-16)22-23-24(28)30-15-31-33(23)25(32-22)18-5-3-2-4-6-18/h7-13,15,18H,2-6,14H2,1H3,(H,29,34)(H2,28,30,31). The summed E-state index contributed by atoms with van der Waals surface area (Å²) in [5.41, 5.74) is 9.65. The zero-order chi connectivity index (χ0) is 24.4. The van der Waals surface area contributed by atoms with E-state index in [2.05, 4.69) is 15.4 Å². The number of amides is 1. The lowest BCUT2D eigenvalue weighted by Gasteiger charge is -2.19. The van der Waals surface area contributed by atoms with Crippen LogP contribution in [0.2, 0.25) is 0 Å². The van der Waals surface area contributed by atoms with Gasteiger partial charge in [0.1, 0.15) is 34.9 Å². The van der Waals surface area contributed by atoms with Crippen LogP contribution in [0.1, 0.15) is 59.8 Å². The predicted octanol–water partition coefficient (Wildman–Crippen LogP) is 4.50. The van der Waals surface area contributed by atoms with Gasteiger partial charge in [-0.05, 0) is 36.6 Å². The molecule has 1 aliphatic rings. The van der Waals surface area contributed by atoms with E-state index < -0.39 is 11.7 Å². The quantitative estimate of drug-likeness (QED) is 0.426. The normalized spacial score (nSPS) is 14.2. The number of carbonyl (C=O) groups excluding carboxylic acids is 1. The number of benzene rings is 2. The minimum atomic E-state index is -0.497. The molecule has 180 valence electrons. The first-order valence-corrected chi connectivity index (χ1v) is 11.8. The number of anilines is 1. The Hall–Kier alpha value is -4.01. The van der Waals surface area contributed by atoms with E-state index in [0.29, 0.717) is 23.0 Å². The molecule has 1 fully saturated rings. The number of imidazole rings is 1. The maximum atomic E-state index is 13.6. The van der Waals surface area contributed by atoms with Crippen molar-refractivity contribution in [2.75, 3.05) is 12.8 Å². The second kappa shape index (κ2) is 9.69. The fraction of sp³-hybridized carbons (Fsp3) is 0.308. The SMILES string of the molecule is COc1ccc(F)cc1C(=O)NCc1ccc(-c2nc(C3CCCCC3)n3ncnc(N)c23)cc1. The molecule has 1 amide bonds. The number of ether oxygens (including phenoxy) is 1. The molecule has 35 heavy (non-hydrogen) atoms. The molecule has 0 radical (unpaired) electrons. The summed E-state index contributed by atoms with van der Waals surface area (Å²) >= 11 is 0. The molecule has 2 aromatic heterocycles. The van der Waals surface area contributed by atoms with Crippen molar-refractivity contribution in [1.29, 1.82) is 0 Å². The van der Waals surface area contributed by atoms with Gasteiger partial charge in [-0.15, -0.1) is 0 Å². The van der Waals surface area contributed by atoms with E-state index in [1.807, 2.05) is 28.8 Å². The van der Waals surface area contributed by atoms with Crippen LogP contribution in [0.4, 0.5) is 10.2 Å². The number of hydrogen-bond acceptors (Lipinski definition) is 6. The van der Waals surface area contributed by atoms with Gasteiger partial charge < -0.3 is 15.8 Å². The van der Waals surface area contributed by atoms with Gasteiger partial charge in [0, 0.05) is 18.0 Å². The number of carbonyl (C=O) groups is 1. The van der Waals surface area contributed by atoms with E-state index in [9.17, 15) is 9.18 Å². The third-order valence-electron chi connectivity index (χ3n) is 6.54. The van der Waals surface area contributed by atoms with Crippen molar-refractivity contribution >= 4 is 17.2 Å². The van der Waals surface area contributed by atoms with Gasteiger partial charge in [0.05, 0.1) is 12.7 Å². The minimum Gasteiger partial charge on any atom is -0.496 e. The summed E-state index contributed by atoms with van der Waals surface area (Å²) in [5.74, 6) is 1.10. The number of hydrogen-bond donors (Lipinski definition) is 2. The van der Waals surface area contributed by atoms with Gasteiger partial charge in [-0.25, -0.2) is 18.9 Å². The van der Waals surface area contributed by atoms with Crippen molar-refractivity contribution < 1.29 is 13.9 Å². The summed E-state index contributed by atoms with van der Waals surface area (Å²) in [5, 5.41) is 7.27. The molecule has 5 rings (SSSR count). The summed E-state index contributed by atoms with van der Waals surface area (Å²) in [4.78, 5) is 21.7. The van der Waals surface area contributed by atoms with Gasteiger partial charge in [0.2, 0.25) is 0 Å². The Morgan fingerprint density at radius 1 is 1.17 bits per heavy atom. The van der Waals surface area contributed by atoms with Crippen LogP contribution in [0.25, 0.3) is 16.8 Å². The molecule has 9 heteroatoms.